The summed E-state index contributed by atoms with van der Waals surface area (Å²) in [5.74, 6) is 1.19. The molecule has 144 valence electrons. The van der Waals surface area contributed by atoms with Crippen LogP contribution in [0, 0.1) is 0 Å². The lowest BCUT2D eigenvalue weighted by Gasteiger charge is -2.11. The van der Waals surface area contributed by atoms with Gasteiger partial charge in [-0.3, -0.25) is 14.5 Å². The maximum atomic E-state index is 12.7. The van der Waals surface area contributed by atoms with E-state index < -0.39 is 0 Å². The predicted molar refractivity (Wildman–Crippen MR) is 103 cm³/mol. The number of nitrogens with zero attached hydrogens (tertiary/aromatic N) is 1. The van der Waals surface area contributed by atoms with Crippen molar-refractivity contribution in [1.82, 2.24) is 4.90 Å². The maximum Gasteiger partial charge on any atom is 0.277 e. The topological polar surface area (TPSA) is 77.1 Å². The van der Waals surface area contributed by atoms with Crippen molar-refractivity contribution in [1.29, 1.82) is 0 Å². The van der Waals surface area contributed by atoms with E-state index >= 15 is 0 Å². The van der Waals surface area contributed by atoms with Crippen molar-refractivity contribution in [2.24, 2.45) is 0 Å². The molecule has 0 fully saturated rings. The molecule has 0 aliphatic carbocycles. The molecule has 0 saturated carbocycles. The van der Waals surface area contributed by atoms with Crippen LogP contribution in [0.15, 0.2) is 48.2 Å². The Morgan fingerprint density at radius 3 is 2.43 bits per heavy atom. The third kappa shape index (κ3) is 3.15. The molecule has 2 aromatic rings. The Morgan fingerprint density at radius 1 is 1.00 bits per heavy atom. The smallest absolute Gasteiger partial charge is 0.277 e. The number of amides is 2. The lowest BCUT2D eigenvalue weighted by atomic mass is 10.0. The van der Waals surface area contributed by atoms with Crippen LogP contribution in [0.1, 0.15) is 19.4 Å². The van der Waals surface area contributed by atoms with Gasteiger partial charge in [0.1, 0.15) is 11.4 Å². The maximum absolute atomic E-state index is 12.7. The summed E-state index contributed by atoms with van der Waals surface area (Å²) >= 11 is 0. The number of carbonyl (C=O) groups excluding carboxylic acids is 2. The zero-order chi connectivity index (χ0) is 19.8. The molecule has 0 spiro atoms. The molecule has 2 aromatic carbocycles. The van der Waals surface area contributed by atoms with Crippen LogP contribution in [-0.4, -0.2) is 36.7 Å². The van der Waals surface area contributed by atoms with Crippen LogP contribution in [0.5, 0.6) is 17.2 Å². The van der Waals surface area contributed by atoms with E-state index in [1.54, 1.807) is 42.5 Å². The molecule has 0 saturated heterocycles. The van der Waals surface area contributed by atoms with Crippen molar-refractivity contribution in [2.45, 2.75) is 20.0 Å². The highest BCUT2D eigenvalue weighted by atomic mass is 16.7. The quantitative estimate of drug-likeness (QED) is 0.804. The SMILES string of the molecule is CC(C)Oc1ccc(C2=C(Nc3ccc4c(c3)OCO4)C(=O)N(C)C2=O)cc1. The Labute approximate surface area is 162 Å². The second-order valence-electron chi connectivity index (χ2n) is 6.80. The molecular weight excluding hydrogens is 360 g/mol. The highest BCUT2D eigenvalue weighted by molar-refractivity contribution is 6.36. The summed E-state index contributed by atoms with van der Waals surface area (Å²) < 4.78 is 16.3. The number of benzene rings is 2. The number of ether oxygens (including phenoxy) is 3. The lowest BCUT2D eigenvalue weighted by molar-refractivity contribution is -0.135. The van der Waals surface area contributed by atoms with Gasteiger partial charge in [0.15, 0.2) is 11.5 Å². The first-order valence-corrected chi connectivity index (χ1v) is 8.94. The average Bonchev–Trinajstić information content (AvgIpc) is 3.21. The molecule has 4 rings (SSSR count). The Bertz CT molecular complexity index is 979. The minimum atomic E-state index is -0.389. The summed E-state index contributed by atoms with van der Waals surface area (Å²) in [7, 11) is 1.47. The highest BCUT2D eigenvalue weighted by Crippen LogP contribution is 2.36. The summed E-state index contributed by atoms with van der Waals surface area (Å²) in [5.41, 5.74) is 1.82. The minimum Gasteiger partial charge on any atom is -0.491 e. The van der Waals surface area contributed by atoms with Gasteiger partial charge in [-0.15, -0.1) is 0 Å². The second kappa shape index (κ2) is 6.92. The lowest BCUT2D eigenvalue weighted by Crippen LogP contribution is -2.27. The summed E-state index contributed by atoms with van der Waals surface area (Å²) in [6, 6.07) is 12.4. The van der Waals surface area contributed by atoms with E-state index in [0.717, 1.165) is 4.90 Å². The number of fused-ring (bicyclic) bond motifs is 1. The number of rotatable bonds is 5. The van der Waals surface area contributed by atoms with Crippen molar-refractivity contribution in [3.8, 4) is 17.2 Å². The van der Waals surface area contributed by atoms with Gasteiger partial charge < -0.3 is 19.5 Å². The van der Waals surface area contributed by atoms with Gasteiger partial charge in [-0.2, -0.15) is 0 Å². The van der Waals surface area contributed by atoms with Crippen LogP contribution in [0.3, 0.4) is 0 Å². The molecule has 7 heteroatoms. The number of anilines is 1. The Hall–Kier alpha value is -3.48. The summed E-state index contributed by atoms with van der Waals surface area (Å²) in [6.45, 7) is 4.05. The number of imide groups is 1. The van der Waals surface area contributed by atoms with E-state index in [-0.39, 0.29) is 30.4 Å². The highest BCUT2D eigenvalue weighted by Gasteiger charge is 2.37. The van der Waals surface area contributed by atoms with Gasteiger partial charge in [-0.25, -0.2) is 0 Å². The molecular formula is C21H20N2O5. The van der Waals surface area contributed by atoms with E-state index in [9.17, 15) is 9.59 Å². The summed E-state index contributed by atoms with van der Waals surface area (Å²) in [4.78, 5) is 26.5. The second-order valence-corrected chi connectivity index (χ2v) is 6.80. The zero-order valence-electron chi connectivity index (χ0n) is 15.8. The molecule has 7 nitrogen and oxygen atoms in total. The fourth-order valence-electron chi connectivity index (χ4n) is 3.12. The first kappa shape index (κ1) is 17.9. The third-order valence-electron chi connectivity index (χ3n) is 4.44. The first-order chi connectivity index (χ1) is 13.4. The Balaban J connectivity index is 1.69. The monoisotopic (exact) mass is 380 g/mol. The van der Waals surface area contributed by atoms with Crippen molar-refractivity contribution >= 4 is 23.1 Å². The van der Waals surface area contributed by atoms with Crippen molar-refractivity contribution < 1.29 is 23.8 Å². The van der Waals surface area contributed by atoms with E-state index in [4.69, 9.17) is 14.2 Å². The third-order valence-corrected chi connectivity index (χ3v) is 4.44. The first-order valence-electron chi connectivity index (χ1n) is 8.94. The molecule has 2 heterocycles. The van der Waals surface area contributed by atoms with Gasteiger partial charge >= 0.3 is 0 Å². The molecule has 2 aliphatic heterocycles. The van der Waals surface area contributed by atoms with Crippen molar-refractivity contribution in [3.63, 3.8) is 0 Å². The Kier molecular flexibility index (Phi) is 4.43. The van der Waals surface area contributed by atoms with Gasteiger partial charge in [0.05, 0.1) is 11.7 Å². The number of hydrogen-bond acceptors (Lipinski definition) is 6. The van der Waals surface area contributed by atoms with Gasteiger partial charge in [0.25, 0.3) is 11.8 Å². The zero-order valence-corrected chi connectivity index (χ0v) is 15.8. The van der Waals surface area contributed by atoms with Gasteiger partial charge in [0, 0.05) is 18.8 Å². The fourth-order valence-corrected chi connectivity index (χ4v) is 3.12. The standard InChI is InChI=1S/C21H20N2O5/c1-12(2)28-15-7-4-13(5-8-15)18-19(21(25)23(3)20(18)24)22-14-6-9-16-17(10-14)27-11-26-16/h4-10,12,22H,11H2,1-3H3. The largest absolute Gasteiger partial charge is 0.491 e. The number of carbonyl (C=O) groups is 2. The molecule has 0 bridgehead atoms. The molecule has 2 amide bonds. The van der Waals surface area contributed by atoms with Crippen molar-refractivity contribution in [2.75, 3.05) is 19.2 Å². The molecule has 1 N–H and O–H groups in total. The number of nitrogens with one attached hydrogen (secondary N) is 1. The van der Waals surface area contributed by atoms with Crippen LogP contribution < -0.4 is 19.5 Å². The molecule has 0 unspecified atom stereocenters. The normalized spacial score (nSPS) is 15.6. The van der Waals surface area contributed by atoms with Crippen LogP contribution in [-0.2, 0) is 9.59 Å². The summed E-state index contributed by atoms with van der Waals surface area (Å²) in [6.07, 6.45) is 0.0501. The van der Waals surface area contributed by atoms with Gasteiger partial charge in [-0.1, -0.05) is 12.1 Å². The fraction of sp³-hybridized carbons (Fsp3) is 0.238. The molecule has 0 aromatic heterocycles. The van der Waals surface area contributed by atoms with Gasteiger partial charge in [-0.05, 0) is 43.7 Å². The number of likely N-dealkylation sites (N-methyl/N-ethyl adjacent to an activating group) is 1. The molecule has 0 radical (unpaired) electrons. The van der Waals surface area contributed by atoms with Gasteiger partial charge in [0.2, 0.25) is 6.79 Å². The van der Waals surface area contributed by atoms with E-state index in [1.165, 1.54) is 7.05 Å². The van der Waals surface area contributed by atoms with Crippen LogP contribution in [0.4, 0.5) is 5.69 Å². The van der Waals surface area contributed by atoms with E-state index in [2.05, 4.69) is 5.32 Å². The average molecular weight is 380 g/mol. The predicted octanol–water partition coefficient (Wildman–Crippen LogP) is 3.02. The van der Waals surface area contributed by atoms with Crippen LogP contribution in [0.25, 0.3) is 5.57 Å². The molecule has 0 atom stereocenters. The summed E-state index contributed by atoms with van der Waals surface area (Å²) in [5, 5.41) is 3.08. The Morgan fingerprint density at radius 2 is 1.71 bits per heavy atom. The minimum absolute atomic E-state index is 0.0501. The van der Waals surface area contributed by atoms with E-state index in [0.29, 0.717) is 34.1 Å². The number of hydrogen-bond donors (Lipinski definition) is 1. The molecule has 2 aliphatic rings. The van der Waals surface area contributed by atoms with Crippen molar-refractivity contribution in [3.05, 3.63) is 53.7 Å². The molecule has 28 heavy (non-hydrogen) atoms. The van der Waals surface area contributed by atoms with E-state index in [1.807, 2.05) is 13.8 Å². The van der Waals surface area contributed by atoms with Crippen LogP contribution >= 0.6 is 0 Å². The van der Waals surface area contributed by atoms with Crippen LogP contribution in [0.2, 0.25) is 0 Å².